The molecule has 108 valence electrons. The second kappa shape index (κ2) is 5.90. The number of anilines is 1. The monoisotopic (exact) mass is 277 g/mol. The summed E-state index contributed by atoms with van der Waals surface area (Å²) in [6.07, 6.45) is 3.94. The molecule has 0 heterocycles. The largest absolute Gasteiger partial charge is 0.393 e. The minimum absolute atomic E-state index is 0.0374. The number of rotatable bonds is 6. The molecule has 1 aromatic rings. The molecule has 6 nitrogen and oxygen atoms in total. The highest BCUT2D eigenvalue weighted by Gasteiger charge is 2.34. The minimum Gasteiger partial charge on any atom is -0.393 e. The second-order valence-electron chi connectivity index (χ2n) is 5.08. The van der Waals surface area contributed by atoms with Crippen molar-refractivity contribution in [3.63, 3.8) is 0 Å². The van der Waals surface area contributed by atoms with Gasteiger partial charge in [-0.25, -0.2) is 0 Å². The number of nitrogens with two attached hydrogens (primary N) is 1. The van der Waals surface area contributed by atoms with Crippen LogP contribution in [0.1, 0.15) is 43.0 Å². The van der Waals surface area contributed by atoms with Crippen LogP contribution < -0.4 is 5.73 Å². The zero-order valence-electron chi connectivity index (χ0n) is 11.5. The Morgan fingerprint density at radius 3 is 2.75 bits per heavy atom. The average molecular weight is 277 g/mol. The summed E-state index contributed by atoms with van der Waals surface area (Å²) in [5.74, 6) is -0.192. The molecule has 6 heteroatoms. The first-order chi connectivity index (χ1) is 9.56. The maximum absolute atomic E-state index is 12.6. The minimum atomic E-state index is -0.556. The van der Waals surface area contributed by atoms with E-state index in [-0.39, 0.29) is 28.9 Å². The van der Waals surface area contributed by atoms with Crippen molar-refractivity contribution in [1.29, 1.82) is 0 Å². The quantitative estimate of drug-likeness (QED) is 0.491. The number of benzene rings is 1. The molecule has 0 radical (unpaired) electrons. The van der Waals surface area contributed by atoms with Gasteiger partial charge in [0.25, 0.3) is 11.6 Å². The summed E-state index contributed by atoms with van der Waals surface area (Å²) >= 11 is 0. The Kier molecular flexibility index (Phi) is 4.22. The van der Waals surface area contributed by atoms with Gasteiger partial charge in [-0.1, -0.05) is 19.4 Å². The molecule has 1 aliphatic carbocycles. The molecule has 1 aromatic carbocycles. The molecule has 1 saturated carbocycles. The van der Waals surface area contributed by atoms with E-state index in [1.54, 1.807) is 11.0 Å². The van der Waals surface area contributed by atoms with E-state index in [0.717, 1.165) is 25.7 Å². The topological polar surface area (TPSA) is 89.5 Å². The summed E-state index contributed by atoms with van der Waals surface area (Å²) in [4.78, 5) is 24.7. The summed E-state index contributed by atoms with van der Waals surface area (Å²) < 4.78 is 0. The molecule has 20 heavy (non-hydrogen) atoms. The van der Waals surface area contributed by atoms with Crippen molar-refractivity contribution in [2.75, 3.05) is 12.3 Å². The number of nitrogens with zero attached hydrogens (tertiary/aromatic N) is 2. The summed E-state index contributed by atoms with van der Waals surface area (Å²) in [6.45, 7) is 2.75. The number of hydrogen-bond acceptors (Lipinski definition) is 4. The normalized spacial score (nSPS) is 14.1. The zero-order chi connectivity index (χ0) is 14.7. The Balaban J connectivity index is 2.27. The molecule has 0 atom stereocenters. The van der Waals surface area contributed by atoms with Crippen LogP contribution in [0.4, 0.5) is 11.4 Å². The zero-order valence-corrected chi connectivity index (χ0v) is 11.5. The molecule has 2 N–H and O–H groups in total. The smallest absolute Gasteiger partial charge is 0.292 e. The van der Waals surface area contributed by atoms with Gasteiger partial charge in [-0.15, -0.1) is 0 Å². The molecule has 1 amide bonds. The molecule has 1 aliphatic rings. The van der Waals surface area contributed by atoms with Crippen molar-refractivity contribution in [1.82, 2.24) is 4.90 Å². The van der Waals surface area contributed by atoms with Gasteiger partial charge in [-0.3, -0.25) is 14.9 Å². The number of unbranched alkanes of at least 4 members (excludes halogenated alkanes) is 1. The number of para-hydroxylation sites is 1. The van der Waals surface area contributed by atoms with E-state index >= 15 is 0 Å². The van der Waals surface area contributed by atoms with Gasteiger partial charge in [-0.05, 0) is 25.3 Å². The Hall–Kier alpha value is -2.11. The highest BCUT2D eigenvalue weighted by Crippen LogP contribution is 2.31. The third-order valence-electron chi connectivity index (χ3n) is 3.51. The summed E-state index contributed by atoms with van der Waals surface area (Å²) in [7, 11) is 0. The van der Waals surface area contributed by atoms with Crippen LogP contribution in [0.5, 0.6) is 0 Å². The third-order valence-corrected chi connectivity index (χ3v) is 3.51. The summed E-state index contributed by atoms with van der Waals surface area (Å²) in [5.41, 5.74) is 5.78. The maximum Gasteiger partial charge on any atom is 0.292 e. The molecular weight excluding hydrogens is 258 g/mol. The van der Waals surface area contributed by atoms with E-state index in [9.17, 15) is 14.9 Å². The average Bonchev–Trinajstić information content (AvgIpc) is 3.23. The lowest BCUT2D eigenvalue weighted by Crippen LogP contribution is -2.34. The lowest BCUT2D eigenvalue weighted by Gasteiger charge is -2.22. The highest BCUT2D eigenvalue weighted by molar-refractivity contribution is 6.01. The lowest BCUT2D eigenvalue weighted by atomic mass is 10.1. The Morgan fingerprint density at radius 2 is 2.20 bits per heavy atom. The van der Waals surface area contributed by atoms with Crippen molar-refractivity contribution >= 4 is 17.3 Å². The number of nitro groups is 1. The van der Waals surface area contributed by atoms with Crippen molar-refractivity contribution in [2.45, 2.75) is 38.6 Å². The van der Waals surface area contributed by atoms with E-state index < -0.39 is 4.92 Å². The Morgan fingerprint density at radius 1 is 1.50 bits per heavy atom. The predicted molar refractivity (Wildman–Crippen MR) is 76.5 cm³/mol. The second-order valence-corrected chi connectivity index (χ2v) is 5.08. The van der Waals surface area contributed by atoms with Gasteiger partial charge in [-0.2, -0.15) is 0 Å². The van der Waals surface area contributed by atoms with Crippen molar-refractivity contribution in [2.24, 2.45) is 0 Å². The van der Waals surface area contributed by atoms with E-state index in [2.05, 4.69) is 6.92 Å². The fraction of sp³-hybridized carbons (Fsp3) is 0.500. The molecule has 0 bridgehead atoms. The number of amides is 1. The maximum atomic E-state index is 12.6. The fourth-order valence-corrected chi connectivity index (χ4v) is 2.22. The molecule has 2 rings (SSSR count). The molecule has 0 aromatic heterocycles. The Bertz CT molecular complexity index is 526. The van der Waals surface area contributed by atoms with E-state index in [4.69, 9.17) is 5.73 Å². The van der Waals surface area contributed by atoms with Gasteiger partial charge in [0.15, 0.2) is 0 Å². The number of hydrogen-bond donors (Lipinski definition) is 1. The third kappa shape index (κ3) is 2.89. The summed E-state index contributed by atoms with van der Waals surface area (Å²) in [6, 6.07) is 4.66. The van der Waals surface area contributed by atoms with Crippen LogP contribution in [0.3, 0.4) is 0 Å². The van der Waals surface area contributed by atoms with E-state index in [0.29, 0.717) is 6.54 Å². The molecular formula is C14H19N3O3. The molecule has 0 aliphatic heterocycles. The van der Waals surface area contributed by atoms with Gasteiger partial charge in [0, 0.05) is 18.7 Å². The number of carbonyl (C=O) groups is 1. The predicted octanol–water partition coefficient (Wildman–Crippen LogP) is 2.58. The van der Waals surface area contributed by atoms with Crippen LogP contribution in [-0.4, -0.2) is 28.3 Å². The lowest BCUT2D eigenvalue weighted by molar-refractivity contribution is -0.383. The van der Waals surface area contributed by atoms with Gasteiger partial charge in [0.2, 0.25) is 0 Å². The standard InChI is InChI=1S/C14H19N3O3/c1-2-3-9-16(10-7-8-10)14(18)11-5-4-6-12(13(11)15)17(19)20/h4-6,10H,2-3,7-9,15H2,1H3. The van der Waals surface area contributed by atoms with E-state index in [1.807, 2.05) is 0 Å². The molecule has 0 spiro atoms. The van der Waals surface area contributed by atoms with Crippen LogP contribution in [0.25, 0.3) is 0 Å². The first-order valence-corrected chi connectivity index (χ1v) is 6.90. The van der Waals surface area contributed by atoms with Gasteiger partial charge < -0.3 is 10.6 Å². The summed E-state index contributed by atoms with van der Waals surface area (Å²) in [5, 5.41) is 10.9. The van der Waals surface area contributed by atoms with Crippen LogP contribution in [0.15, 0.2) is 18.2 Å². The van der Waals surface area contributed by atoms with Crippen molar-refractivity contribution < 1.29 is 9.72 Å². The van der Waals surface area contributed by atoms with Crippen LogP contribution in [0, 0.1) is 10.1 Å². The number of nitro benzene ring substituents is 1. The van der Waals surface area contributed by atoms with Crippen molar-refractivity contribution in [3.05, 3.63) is 33.9 Å². The molecule has 0 unspecified atom stereocenters. The van der Waals surface area contributed by atoms with Crippen LogP contribution in [0.2, 0.25) is 0 Å². The van der Waals surface area contributed by atoms with E-state index in [1.165, 1.54) is 12.1 Å². The van der Waals surface area contributed by atoms with Crippen LogP contribution in [-0.2, 0) is 0 Å². The van der Waals surface area contributed by atoms with Crippen LogP contribution >= 0.6 is 0 Å². The van der Waals surface area contributed by atoms with Gasteiger partial charge in [0.05, 0.1) is 10.5 Å². The van der Waals surface area contributed by atoms with Crippen molar-refractivity contribution in [3.8, 4) is 0 Å². The first-order valence-electron chi connectivity index (χ1n) is 6.90. The fourth-order valence-electron chi connectivity index (χ4n) is 2.22. The van der Waals surface area contributed by atoms with Gasteiger partial charge >= 0.3 is 0 Å². The first kappa shape index (κ1) is 14.3. The number of nitrogen functional groups attached to an aromatic ring is 1. The number of carbonyl (C=O) groups excluding carboxylic acids is 1. The Labute approximate surface area is 117 Å². The SMILES string of the molecule is CCCCN(C(=O)c1cccc([N+](=O)[O-])c1N)C1CC1. The molecule has 0 saturated heterocycles. The highest BCUT2D eigenvalue weighted by atomic mass is 16.6. The van der Waals surface area contributed by atoms with Gasteiger partial charge in [0.1, 0.15) is 5.69 Å². The molecule has 1 fully saturated rings.